The Bertz CT molecular complexity index is 822. The molecule has 2 aromatic rings. The summed E-state index contributed by atoms with van der Waals surface area (Å²) in [4.78, 5) is 15.1. The van der Waals surface area contributed by atoms with Gasteiger partial charge in [-0.3, -0.25) is 9.69 Å². The summed E-state index contributed by atoms with van der Waals surface area (Å²) in [6.07, 6.45) is 1.54. The van der Waals surface area contributed by atoms with Crippen LogP contribution in [0.25, 0.3) is 0 Å². The van der Waals surface area contributed by atoms with E-state index in [-0.39, 0.29) is 11.4 Å². The van der Waals surface area contributed by atoms with Gasteiger partial charge in [0.2, 0.25) is 0 Å². The summed E-state index contributed by atoms with van der Waals surface area (Å²) in [5, 5.41) is 9.92. The molecule has 0 saturated carbocycles. The van der Waals surface area contributed by atoms with Gasteiger partial charge in [-0.25, -0.2) is 0 Å². The fourth-order valence-electron chi connectivity index (χ4n) is 4.50. The van der Waals surface area contributed by atoms with Crippen molar-refractivity contribution in [3.63, 3.8) is 0 Å². The van der Waals surface area contributed by atoms with E-state index in [0.717, 1.165) is 30.6 Å². The second-order valence-corrected chi connectivity index (χ2v) is 8.49. The Balaban J connectivity index is 1.85. The topological polar surface area (TPSA) is 49.8 Å². The van der Waals surface area contributed by atoms with Crippen molar-refractivity contribution >= 4 is 5.97 Å². The first-order valence-corrected chi connectivity index (χ1v) is 9.96. The SMILES string of the molecule is COC(=O)[C@](C)(Cc1ccccc1)N1CC[C@@](C)(c2cccc(O)c2)[C@@H](C)C1. The predicted octanol–water partition coefficient (Wildman–Crippen LogP) is 4.17. The van der Waals surface area contributed by atoms with Crippen molar-refractivity contribution in [1.82, 2.24) is 4.90 Å². The number of carbonyl (C=O) groups excluding carboxylic acids is 1. The zero-order chi connectivity index (χ0) is 20.4. The molecule has 0 aliphatic carbocycles. The van der Waals surface area contributed by atoms with E-state index in [2.05, 4.69) is 36.9 Å². The van der Waals surface area contributed by atoms with Crippen LogP contribution in [-0.2, 0) is 21.4 Å². The largest absolute Gasteiger partial charge is 0.508 e. The van der Waals surface area contributed by atoms with Crippen LogP contribution in [0.2, 0.25) is 0 Å². The lowest BCUT2D eigenvalue weighted by atomic mass is 9.67. The Morgan fingerprint density at radius 3 is 2.57 bits per heavy atom. The van der Waals surface area contributed by atoms with E-state index in [9.17, 15) is 9.90 Å². The average molecular weight is 382 g/mol. The molecule has 1 saturated heterocycles. The van der Waals surface area contributed by atoms with Crippen LogP contribution in [0.3, 0.4) is 0 Å². The summed E-state index contributed by atoms with van der Waals surface area (Å²) in [5.74, 6) is 0.434. The Kier molecular flexibility index (Phi) is 5.80. The van der Waals surface area contributed by atoms with Gasteiger partial charge in [-0.1, -0.05) is 56.3 Å². The smallest absolute Gasteiger partial charge is 0.326 e. The van der Waals surface area contributed by atoms with Crippen molar-refractivity contribution in [2.75, 3.05) is 20.2 Å². The van der Waals surface area contributed by atoms with Gasteiger partial charge in [0.25, 0.3) is 0 Å². The standard InChI is InChI=1S/C24H31NO3/c1-18-17-25(14-13-23(18,2)20-11-8-12-21(26)15-20)24(3,22(27)28-4)16-19-9-6-5-7-10-19/h5-12,15,18,26H,13-14,16-17H2,1-4H3/t18-,23+,24-/m0/s1. The summed E-state index contributed by atoms with van der Waals surface area (Å²) < 4.78 is 5.21. The highest BCUT2D eigenvalue weighted by molar-refractivity contribution is 5.80. The number of likely N-dealkylation sites (tertiary alicyclic amines) is 1. The lowest BCUT2D eigenvalue weighted by Crippen LogP contribution is -2.60. The second kappa shape index (κ2) is 7.96. The number of methoxy groups -OCH3 is 1. The lowest BCUT2D eigenvalue weighted by molar-refractivity contribution is -0.156. The van der Waals surface area contributed by atoms with Gasteiger partial charge >= 0.3 is 5.97 Å². The van der Waals surface area contributed by atoms with Gasteiger partial charge in [-0.05, 0) is 47.9 Å². The zero-order valence-corrected chi connectivity index (χ0v) is 17.3. The summed E-state index contributed by atoms with van der Waals surface area (Å²) in [7, 11) is 1.47. The van der Waals surface area contributed by atoms with Crippen LogP contribution in [0.4, 0.5) is 0 Å². The summed E-state index contributed by atoms with van der Waals surface area (Å²) in [5.41, 5.74) is 1.54. The molecule has 0 bridgehead atoms. The Morgan fingerprint density at radius 2 is 1.96 bits per heavy atom. The van der Waals surface area contributed by atoms with Crippen LogP contribution in [0, 0.1) is 5.92 Å². The third-order valence-electron chi connectivity index (χ3n) is 6.70. The van der Waals surface area contributed by atoms with E-state index in [4.69, 9.17) is 4.74 Å². The Hall–Kier alpha value is -2.33. The number of hydrogen-bond donors (Lipinski definition) is 1. The van der Waals surface area contributed by atoms with Gasteiger partial charge in [-0.15, -0.1) is 0 Å². The summed E-state index contributed by atoms with van der Waals surface area (Å²) >= 11 is 0. The zero-order valence-electron chi connectivity index (χ0n) is 17.3. The summed E-state index contributed by atoms with van der Waals surface area (Å²) in [6, 6.07) is 17.7. The molecular formula is C24H31NO3. The maximum atomic E-state index is 12.8. The first-order chi connectivity index (χ1) is 13.3. The Morgan fingerprint density at radius 1 is 1.25 bits per heavy atom. The quantitative estimate of drug-likeness (QED) is 0.790. The Labute approximate surface area is 168 Å². The highest BCUT2D eigenvalue weighted by Crippen LogP contribution is 2.42. The van der Waals surface area contributed by atoms with E-state index in [1.807, 2.05) is 37.3 Å². The molecule has 0 unspecified atom stereocenters. The molecule has 1 heterocycles. The normalized spacial score (nSPS) is 25.1. The number of piperidine rings is 1. The van der Waals surface area contributed by atoms with E-state index < -0.39 is 5.54 Å². The number of aromatic hydroxyl groups is 1. The number of carbonyl (C=O) groups is 1. The molecule has 1 aliphatic rings. The third kappa shape index (κ3) is 3.79. The number of hydrogen-bond acceptors (Lipinski definition) is 4. The maximum absolute atomic E-state index is 12.8. The molecule has 3 atom stereocenters. The van der Waals surface area contributed by atoms with Gasteiger partial charge < -0.3 is 9.84 Å². The summed E-state index contributed by atoms with van der Waals surface area (Å²) in [6.45, 7) is 8.09. The predicted molar refractivity (Wildman–Crippen MR) is 111 cm³/mol. The first kappa shape index (κ1) is 20.4. The molecule has 28 heavy (non-hydrogen) atoms. The van der Waals surface area contributed by atoms with Gasteiger partial charge in [-0.2, -0.15) is 0 Å². The minimum atomic E-state index is -0.704. The van der Waals surface area contributed by atoms with Crippen LogP contribution < -0.4 is 0 Å². The van der Waals surface area contributed by atoms with Crippen molar-refractivity contribution in [3.8, 4) is 5.75 Å². The van der Waals surface area contributed by atoms with Crippen molar-refractivity contribution in [2.24, 2.45) is 5.92 Å². The van der Waals surface area contributed by atoms with E-state index >= 15 is 0 Å². The lowest BCUT2D eigenvalue weighted by Gasteiger charge is -2.50. The van der Waals surface area contributed by atoms with E-state index in [0.29, 0.717) is 18.1 Å². The van der Waals surface area contributed by atoms with Gasteiger partial charge in [0.15, 0.2) is 0 Å². The number of phenols is 1. The minimum absolute atomic E-state index is 0.0426. The first-order valence-electron chi connectivity index (χ1n) is 9.96. The molecule has 0 spiro atoms. The molecule has 0 amide bonds. The molecule has 1 N–H and O–H groups in total. The van der Waals surface area contributed by atoms with Crippen molar-refractivity contribution < 1.29 is 14.6 Å². The monoisotopic (exact) mass is 381 g/mol. The highest BCUT2D eigenvalue weighted by Gasteiger charge is 2.47. The van der Waals surface area contributed by atoms with Gasteiger partial charge in [0.1, 0.15) is 11.3 Å². The minimum Gasteiger partial charge on any atom is -0.508 e. The van der Waals surface area contributed by atoms with Crippen LogP contribution in [-0.4, -0.2) is 41.7 Å². The molecule has 1 fully saturated rings. The maximum Gasteiger partial charge on any atom is 0.326 e. The molecule has 0 radical (unpaired) electrons. The van der Waals surface area contributed by atoms with Gasteiger partial charge in [0, 0.05) is 19.5 Å². The molecular weight excluding hydrogens is 350 g/mol. The fraction of sp³-hybridized carbons (Fsp3) is 0.458. The highest BCUT2D eigenvalue weighted by atomic mass is 16.5. The van der Waals surface area contributed by atoms with Crippen LogP contribution in [0.5, 0.6) is 5.75 Å². The average Bonchev–Trinajstić information content (AvgIpc) is 2.70. The number of benzene rings is 2. The van der Waals surface area contributed by atoms with Crippen LogP contribution in [0.15, 0.2) is 54.6 Å². The van der Waals surface area contributed by atoms with Crippen molar-refractivity contribution in [1.29, 1.82) is 0 Å². The number of nitrogens with zero attached hydrogens (tertiary/aromatic N) is 1. The molecule has 1 aliphatic heterocycles. The van der Waals surface area contributed by atoms with E-state index in [1.54, 1.807) is 6.07 Å². The van der Waals surface area contributed by atoms with E-state index in [1.165, 1.54) is 7.11 Å². The fourth-order valence-corrected chi connectivity index (χ4v) is 4.50. The molecule has 3 rings (SSSR count). The molecule has 4 nitrogen and oxygen atoms in total. The van der Waals surface area contributed by atoms with Crippen molar-refractivity contribution in [3.05, 3.63) is 65.7 Å². The van der Waals surface area contributed by atoms with Crippen LogP contribution in [0.1, 0.15) is 38.3 Å². The van der Waals surface area contributed by atoms with Crippen LogP contribution >= 0.6 is 0 Å². The van der Waals surface area contributed by atoms with Crippen molar-refractivity contribution in [2.45, 2.75) is 44.6 Å². The molecule has 0 aromatic heterocycles. The molecule has 150 valence electrons. The van der Waals surface area contributed by atoms with Gasteiger partial charge in [0.05, 0.1) is 7.11 Å². The number of esters is 1. The molecule has 2 aromatic carbocycles. The second-order valence-electron chi connectivity index (χ2n) is 8.49. The number of phenolic OH excluding ortho intramolecular Hbond substituents is 1. The third-order valence-corrected chi connectivity index (χ3v) is 6.70. The molecule has 4 heteroatoms. The number of rotatable bonds is 5. The number of ether oxygens (including phenoxy) is 1.